The Bertz CT molecular complexity index is 3080. The molecule has 0 aromatic carbocycles. The van der Waals surface area contributed by atoms with Gasteiger partial charge in [-0.25, -0.2) is 34.1 Å². The standard InChI is InChI=1S/C17H29N3OS.C14H23N3OS.C13H21N3OS.C11H17FN2S.C11H18N2S/c1-17(2,3)16-18-14-13-20(8-5-15(14)22-16)7-4-6-19-9-11-21-12-10-19;1-14(2,3)13-15-11-10(19-13)7-9(8-17(11)6)12(18)16(4)5;1-13(2,3)11-14-9-6-7-16(8-10(9)18-11)12(17)15(4)5;1-11(2,3)10-13-9-7(12)5-14(4)6-8(9)15-10;1-11(2,3)10-12-8-6-5-7-13(4)9(8)14-10/h4-13H2,1-3H3;9H,7-8H2,1-6H3;6-8H2,1-5H3;7H,5-6H2,1-4H3;5-7H2,1-4H3. The van der Waals surface area contributed by atoms with Crippen molar-refractivity contribution in [3.63, 3.8) is 0 Å². The molecule has 11 heterocycles. The van der Waals surface area contributed by atoms with E-state index in [1.54, 1.807) is 57.9 Å². The first-order valence-corrected chi connectivity index (χ1v) is 35.9. The molecule has 6 aliphatic heterocycles. The molecule has 2 unspecified atom stereocenters. The van der Waals surface area contributed by atoms with Gasteiger partial charge < -0.3 is 29.2 Å². The number of ether oxygens (including phenoxy) is 1. The Morgan fingerprint density at radius 1 is 0.534 bits per heavy atom. The number of aromatic nitrogens is 5. The maximum absolute atomic E-state index is 13.7. The summed E-state index contributed by atoms with van der Waals surface area (Å²) in [5.74, 6) is 1.33. The minimum atomic E-state index is -0.911. The number of morpholine rings is 1. The molecule has 492 valence electrons. The van der Waals surface area contributed by atoms with Crippen molar-refractivity contribution in [2.24, 2.45) is 5.92 Å². The molecular formula is C66H108FN13O3S5. The van der Waals surface area contributed by atoms with E-state index in [0.29, 0.717) is 18.8 Å². The van der Waals surface area contributed by atoms with Gasteiger partial charge in [0.2, 0.25) is 5.91 Å². The van der Waals surface area contributed by atoms with Crippen LogP contribution >= 0.6 is 56.7 Å². The summed E-state index contributed by atoms with van der Waals surface area (Å²) in [5.41, 5.74) is 5.10. The molecule has 2 atom stereocenters. The van der Waals surface area contributed by atoms with Crippen molar-refractivity contribution >= 4 is 79.4 Å². The van der Waals surface area contributed by atoms with Crippen LogP contribution in [-0.4, -0.2) is 188 Å². The number of hydrogen-bond acceptors (Lipinski definition) is 18. The fourth-order valence-corrected chi connectivity index (χ4v) is 16.8. The number of aryl methyl sites for hydroxylation is 1. The predicted molar refractivity (Wildman–Crippen MR) is 369 cm³/mol. The Balaban J connectivity index is 0.000000158. The zero-order chi connectivity index (χ0) is 65.0. The van der Waals surface area contributed by atoms with Gasteiger partial charge in [-0.3, -0.25) is 19.5 Å². The minimum Gasteiger partial charge on any atom is -0.379 e. The quantitative estimate of drug-likeness (QED) is 0.165. The summed E-state index contributed by atoms with van der Waals surface area (Å²) in [6.45, 7) is 46.3. The van der Waals surface area contributed by atoms with Gasteiger partial charge in [0.1, 0.15) is 20.8 Å². The maximum Gasteiger partial charge on any atom is 0.319 e. The second-order valence-corrected chi connectivity index (χ2v) is 35.6. The smallest absolute Gasteiger partial charge is 0.319 e. The largest absolute Gasteiger partial charge is 0.379 e. The van der Waals surface area contributed by atoms with Gasteiger partial charge in [-0.05, 0) is 52.2 Å². The SMILES string of the molecule is CC(C)(C)c1nc2c(s1)CCN(CCCN1CCOCC1)C2.CN(C)C(=O)C1Cc2sc(C(C)(C)C)nc2N(C)C1.CN(C)C(=O)N1CCc2nc(C(C)(C)C)sc2C1.CN1CCCc2nc(C(C)(C)C)sc21.CN1Cc2sc(C(C)(C)C)nc2C(F)C1. The summed E-state index contributed by atoms with van der Waals surface area (Å²) in [4.78, 5) is 69.6. The first-order valence-electron chi connectivity index (χ1n) is 31.8. The molecule has 22 heteroatoms. The molecular weight excluding hydrogens is 1200 g/mol. The molecule has 0 saturated carbocycles. The number of anilines is 2. The number of carbonyl (C=O) groups is 2. The Morgan fingerprint density at radius 2 is 1.07 bits per heavy atom. The molecule has 5 aromatic heterocycles. The van der Waals surface area contributed by atoms with Crippen molar-refractivity contribution in [3.05, 3.63) is 67.3 Å². The lowest BCUT2D eigenvalue weighted by Gasteiger charge is -2.30. The maximum atomic E-state index is 13.7. The molecule has 1 fully saturated rings. The van der Waals surface area contributed by atoms with Crippen LogP contribution in [0.25, 0.3) is 0 Å². The van der Waals surface area contributed by atoms with E-state index in [1.165, 1.54) is 97.2 Å². The predicted octanol–water partition coefficient (Wildman–Crippen LogP) is 12.9. The monoisotopic (exact) mass is 1310 g/mol. The van der Waals surface area contributed by atoms with Crippen LogP contribution < -0.4 is 9.80 Å². The Labute approximate surface area is 548 Å². The summed E-state index contributed by atoms with van der Waals surface area (Å²) in [5, 5.41) is 7.34. The number of thiazole rings is 5. The van der Waals surface area contributed by atoms with E-state index >= 15 is 0 Å². The summed E-state index contributed by atoms with van der Waals surface area (Å²) < 4.78 is 19.1. The molecule has 0 radical (unpaired) electrons. The van der Waals surface area contributed by atoms with E-state index in [-0.39, 0.29) is 44.9 Å². The molecule has 0 spiro atoms. The number of urea groups is 1. The highest BCUT2D eigenvalue weighted by Crippen LogP contribution is 2.41. The van der Waals surface area contributed by atoms with Crippen molar-refractivity contribution in [3.8, 4) is 0 Å². The summed E-state index contributed by atoms with van der Waals surface area (Å²) in [7, 11) is 13.4. The van der Waals surface area contributed by atoms with Crippen molar-refractivity contribution in [1.82, 2.24) is 54.3 Å². The molecule has 0 bridgehead atoms. The number of fused-ring (bicyclic) bond motifs is 5. The topological polar surface area (TPSA) is 134 Å². The highest BCUT2D eigenvalue weighted by atomic mass is 32.1. The molecule has 3 amide bonds. The van der Waals surface area contributed by atoms with E-state index in [4.69, 9.17) is 24.7 Å². The van der Waals surface area contributed by atoms with E-state index in [0.717, 1.165) is 92.5 Å². The van der Waals surface area contributed by atoms with Crippen LogP contribution in [0.4, 0.5) is 20.0 Å². The highest BCUT2D eigenvalue weighted by Gasteiger charge is 2.35. The van der Waals surface area contributed by atoms with Crippen molar-refractivity contribution < 1.29 is 18.7 Å². The summed E-state index contributed by atoms with van der Waals surface area (Å²) in [6, 6.07) is 0.0892. The number of amides is 3. The second-order valence-electron chi connectivity index (χ2n) is 30.3. The molecule has 1 saturated heterocycles. The number of rotatable bonds is 5. The van der Waals surface area contributed by atoms with Gasteiger partial charge in [0.15, 0.2) is 6.17 Å². The molecule has 5 aromatic rings. The van der Waals surface area contributed by atoms with Crippen LogP contribution in [0, 0.1) is 5.92 Å². The normalized spacial score (nSPS) is 19.2. The fraction of sp³-hybridized carbons (Fsp3) is 0.742. The van der Waals surface area contributed by atoms with Crippen LogP contribution in [0.15, 0.2) is 0 Å². The lowest BCUT2D eigenvalue weighted by molar-refractivity contribution is -0.132. The third-order valence-corrected chi connectivity index (χ3v) is 23.7. The zero-order valence-corrected chi connectivity index (χ0v) is 61.8. The van der Waals surface area contributed by atoms with Crippen LogP contribution in [0.3, 0.4) is 0 Å². The second kappa shape index (κ2) is 29.5. The molecule has 88 heavy (non-hydrogen) atoms. The first kappa shape index (κ1) is 71.7. The molecule has 0 aliphatic carbocycles. The van der Waals surface area contributed by atoms with Gasteiger partial charge >= 0.3 is 6.03 Å². The fourth-order valence-electron chi connectivity index (χ4n) is 10.8. The third kappa shape index (κ3) is 19.2. The molecule has 6 aliphatic rings. The zero-order valence-electron chi connectivity index (χ0n) is 57.8. The molecule has 16 nitrogen and oxygen atoms in total. The summed E-state index contributed by atoms with van der Waals surface area (Å²) >= 11 is 8.96. The van der Waals surface area contributed by atoms with Crippen LogP contribution in [0.1, 0.15) is 190 Å². The van der Waals surface area contributed by atoms with Crippen LogP contribution in [-0.2, 0) is 81.9 Å². The van der Waals surface area contributed by atoms with Gasteiger partial charge in [-0.15, -0.1) is 56.7 Å². The third-order valence-electron chi connectivity index (χ3n) is 16.0. The Kier molecular flexibility index (Phi) is 24.0. The summed E-state index contributed by atoms with van der Waals surface area (Å²) in [6.07, 6.45) is 5.63. The number of hydrogen-bond donors (Lipinski definition) is 0. The molecule has 11 rings (SSSR count). The van der Waals surface area contributed by atoms with Crippen molar-refractivity contribution in [1.29, 1.82) is 0 Å². The minimum absolute atomic E-state index is 0.0281. The van der Waals surface area contributed by atoms with Gasteiger partial charge in [0.05, 0.1) is 63.5 Å². The Morgan fingerprint density at radius 3 is 1.66 bits per heavy atom. The Hall–Kier alpha value is -3.74. The van der Waals surface area contributed by atoms with E-state index in [1.807, 2.05) is 60.7 Å². The average Bonchev–Trinajstić information content (AvgIpc) is 3.18. The number of alkyl halides is 1. The van der Waals surface area contributed by atoms with Crippen molar-refractivity contribution in [2.75, 3.05) is 131 Å². The number of nitrogens with zero attached hydrogens (tertiary/aromatic N) is 13. The van der Waals surface area contributed by atoms with Crippen LogP contribution in [0.2, 0.25) is 0 Å². The first-order chi connectivity index (χ1) is 40.9. The van der Waals surface area contributed by atoms with Gasteiger partial charge in [0.25, 0.3) is 0 Å². The average molecular weight is 1310 g/mol. The number of likely N-dealkylation sites (N-methyl/N-ethyl adjacent to an activating group) is 1. The number of halogens is 1. The van der Waals surface area contributed by atoms with Crippen LogP contribution in [0.5, 0.6) is 0 Å². The van der Waals surface area contributed by atoms with E-state index in [9.17, 15) is 14.0 Å². The van der Waals surface area contributed by atoms with E-state index in [2.05, 4.69) is 135 Å². The highest BCUT2D eigenvalue weighted by molar-refractivity contribution is 7.16. The molecule has 0 N–H and O–H groups in total. The lowest BCUT2D eigenvalue weighted by atomic mass is 9.97. The van der Waals surface area contributed by atoms with Gasteiger partial charge in [0, 0.05) is 154 Å². The van der Waals surface area contributed by atoms with E-state index < -0.39 is 6.17 Å². The van der Waals surface area contributed by atoms with Gasteiger partial charge in [-0.1, -0.05) is 104 Å². The number of carbonyl (C=O) groups excluding carboxylic acids is 2. The lowest BCUT2D eigenvalue weighted by Crippen LogP contribution is -2.41. The van der Waals surface area contributed by atoms with Gasteiger partial charge in [-0.2, -0.15) is 0 Å². The van der Waals surface area contributed by atoms with Crippen molar-refractivity contribution in [2.45, 2.75) is 195 Å².